The Morgan fingerprint density at radius 1 is 1.09 bits per heavy atom. The van der Waals surface area contributed by atoms with Crippen LogP contribution in [-0.4, -0.2) is 44.0 Å². The summed E-state index contributed by atoms with van der Waals surface area (Å²) in [4.78, 5) is 2.06. The number of benzene rings is 1. The lowest BCUT2D eigenvalue weighted by Crippen LogP contribution is -2.48. The molecule has 8 heteroatoms. The first-order valence-corrected chi connectivity index (χ1v) is 9.40. The number of nitrogens with zero attached hydrogens (tertiary/aromatic N) is 2. The fraction of sp³-hybridized carbons (Fsp3) is 0.286. The Morgan fingerprint density at radius 3 is 2.41 bits per heavy atom. The lowest BCUT2D eigenvalue weighted by atomic mass is 10.2. The number of aromatic hydroxyl groups is 1. The van der Waals surface area contributed by atoms with Crippen LogP contribution in [0.2, 0.25) is 4.34 Å². The minimum absolute atomic E-state index is 0.209. The van der Waals surface area contributed by atoms with Gasteiger partial charge < -0.3 is 10.0 Å². The van der Waals surface area contributed by atoms with E-state index >= 15 is 0 Å². The van der Waals surface area contributed by atoms with E-state index < -0.39 is 10.0 Å². The molecule has 118 valence electrons. The highest BCUT2D eigenvalue weighted by Crippen LogP contribution is 2.29. The van der Waals surface area contributed by atoms with E-state index in [0.29, 0.717) is 30.5 Å². The number of thiophene rings is 1. The van der Waals surface area contributed by atoms with Gasteiger partial charge in [-0.25, -0.2) is 8.42 Å². The minimum Gasteiger partial charge on any atom is -0.508 e. The normalized spacial score (nSPS) is 16.9. The summed E-state index contributed by atoms with van der Waals surface area (Å²) in [6, 6.07) is 10.1. The van der Waals surface area contributed by atoms with E-state index in [0.717, 1.165) is 17.0 Å². The molecule has 0 unspecified atom stereocenters. The van der Waals surface area contributed by atoms with Crippen molar-refractivity contribution in [1.82, 2.24) is 4.31 Å². The Labute approximate surface area is 138 Å². The van der Waals surface area contributed by atoms with E-state index in [-0.39, 0.29) is 9.96 Å². The third-order valence-electron chi connectivity index (χ3n) is 3.58. The van der Waals surface area contributed by atoms with Gasteiger partial charge in [-0.2, -0.15) is 4.31 Å². The topological polar surface area (TPSA) is 60.9 Å². The van der Waals surface area contributed by atoms with E-state index in [4.69, 9.17) is 11.6 Å². The van der Waals surface area contributed by atoms with Crippen molar-refractivity contribution in [2.45, 2.75) is 4.21 Å². The van der Waals surface area contributed by atoms with Crippen LogP contribution >= 0.6 is 22.9 Å². The van der Waals surface area contributed by atoms with Crippen LogP contribution in [0, 0.1) is 0 Å². The summed E-state index contributed by atoms with van der Waals surface area (Å²) in [5.74, 6) is 0.209. The number of hydrogen-bond acceptors (Lipinski definition) is 5. The summed E-state index contributed by atoms with van der Waals surface area (Å²) in [6.45, 7) is 1.99. The van der Waals surface area contributed by atoms with Gasteiger partial charge in [-0.3, -0.25) is 0 Å². The Morgan fingerprint density at radius 2 is 1.82 bits per heavy atom. The van der Waals surface area contributed by atoms with Crippen molar-refractivity contribution < 1.29 is 13.5 Å². The summed E-state index contributed by atoms with van der Waals surface area (Å²) in [6.07, 6.45) is 0. The number of phenols is 1. The molecule has 1 aromatic heterocycles. The van der Waals surface area contributed by atoms with Gasteiger partial charge in [-0.15, -0.1) is 11.3 Å². The van der Waals surface area contributed by atoms with Crippen molar-refractivity contribution in [3.05, 3.63) is 40.7 Å². The summed E-state index contributed by atoms with van der Waals surface area (Å²) in [7, 11) is -3.46. The van der Waals surface area contributed by atoms with E-state index in [1.54, 1.807) is 30.3 Å². The first kappa shape index (κ1) is 15.6. The molecule has 1 fully saturated rings. The van der Waals surface area contributed by atoms with Crippen molar-refractivity contribution in [2.75, 3.05) is 31.1 Å². The molecule has 0 bridgehead atoms. The molecule has 1 N–H and O–H groups in total. The summed E-state index contributed by atoms with van der Waals surface area (Å²) >= 11 is 6.90. The smallest absolute Gasteiger partial charge is 0.252 e. The van der Waals surface area contributed by atoms with Gasteiger partial charge in [0.25, 0.3) is 10.0 Å². The van der Waals surface area contributed by atoms with Crippen LogP contribution in [0.15, 0.2) is 40.6 Å². The van der Waals surface area contributed by atoms with Crippen LogP contribution in [0.25, 0.3) is 0 Å². The molecule has 0 amide bonds. The maximum Gasteiger partial charge on any atom is 0.252 e. The SMILES string of the molecule is O=S(=O)(c1ccc(Cl)s1)N1CCN(c2cccc(O)c2)CC1. The van der Waals surface area contributed by atoms with Crippen molar-refractivity contribution in [3.8, 4) is 5.75 Å². The molecule has 0 saturated carbocycles. The Bertz CT molecular complexity index is 768. The minimum atomic E-state index is -3.46. The molecule has 1 saturated heterocycles. The number of hydrogen-bond donors (Lipinski definition) is 1. The Kier molecular flexibility index (Phi) is 4.31. The molecule has 3 rings (SSSR count). The Hall–Kier alpha value is -1.28. The fourth-order valence-corrected chi connectivity index (χ4v) is 5.50. The van der Waals surface area contributed by atoms with Crippen molar-refractivity contribution in [3.63, 3.8) is 0 Å². The van der Waals surface area contributed by atoms with Crippen LogP contribution in [0.5, 0.6) is 5.75 Å². The number of piperazine rings is 1. The average Bonchev–Trinajstić information content (AvgIpc) is 2.95. The quantitative estimate of drug-likeness (QED) is 0.916. The maximum atomic E-state index is 12.5. The van der Waals surface area contributed by atoms with Crippen molar-refractivity contribution in [1.29, 1.82) is 0 Å². The number of anilines is 1. The monoisotopic (exact) mass is 358 g/mol. The summed E-state index contributed by atoms with van der Waals surface area (Å²) in [5.41, 5.74) is 0.899. The summed E-state index contributed by atoms with van der Waals surface area (Å²) < 4.78 is 27.3. The van der Waals surface area contributed by atoms with Crippen LogP contribution < -0.4 is 4.90 Å². The van der Waals surface area contributed by atoms with Gasteiger partial charge in [0, 0.05) is 37.9 Å². The standard InChI is InChI=1S/C14H15ClN2O3S2/c15-13-4-5-14(21-13)22(19,20)17-8-6-16(7-9-17)11-2-1-3-12(18)10-11/h1-5,10,18H,6-9H2. The first-order valence-electron chi connectivity index (χ1n) is 6.76. The van der Waals surface area contributed by atoms with Gasteiger partial charge in [0.05, 0.1) is 4.34 Å². The van der Waals surface area contributed by atoms with Gasteiger partial charge in [0.2, 0.25) is 0 Å². The zero-order valence-electron chi connectivity index (χ0n) is 11.6. The molecule has 0 spiro atoms. The molecule has 0 radical (unpaired) electrons. The molecule has 0 atom stereocenters. The average molecular weight is 359 g/mol. The molecule has 5 nitrogen and oxygen atoms in total. The van der Waals surface area contributed by atoms with Crippen LogP contribution in [0.1, 0.15) is 0 Å². The van der Waals surface area contributed by atoms with Gasteiger partial charge >= 0.3 is 0 Å². The lowest BCUT2D eigenvalue weighted by molar-refractivity contribution is 0.385. The van der Waals surface area contributed by atoms with Crippen LogP contribution in [-0.2, 0) is 10.0 Å². The number of rotatable bonds is 3. The molecule has 2 heterocycles. The highest BCUT2D eigenvalue weighted by molar-refractivity contribution is 7.91. The molecular formula is C14H15ClN2O3S2. The van der Waals surface area contributed by atoms with Gasteiger partial charge in [-0.1, -0.05) is 17.7 Å². The number of sulfonamides is 1. The molecule has 1 aromatic carbocycles. The highest BCUT2D eigenvalue weighted by atomic mass is 35.5. The largest absolute Gasteiger partial charge is 0.508 e. The maximum absolute atomic E-state index is 12.5. The molecule has 1 aliphatic rings. The molecule has 22 heavy (non-hydrogen) atoms. The van der Waals surface area contributed by atoms with Crippen molar-refractivity contribution in [2.24, 2.45) is 0 Å². The predicted octanol–water partition coefficient (Wildman–Crippen LogP) is 2.62. The van der Waals surface area contributed by atoms with E-state index in [1.807, 2.05) is 6.07 Å². The molecular weight excluding hydrogens is 344 g/mol. The first-order chi connectivity index (χ1) is 10.5. The number of phenolic OH excluding ortho intramolecular Hbond substituents is 1. The third kappa shape index (κ3) is 3.08. The highest BCUT2D eigenvalue weighted by Gasteiger charge is 2.29. The second kappa shape index (κ2) is 6.08. The van der Waals surface area contributed by atoms with E-state index in [9.17, 15) is 13.5 Å². The zero-order chi connectivity index (χ0) is 15.7. The van der Waals surface area contributed by atoms with Gasteiger partial charge in [-0.05, 0) is 24.3 Å². The second-order valence-electron chi connectivity index (χ2n) is 4.97. The third-order valence-corrected chi connectivity index (χ3v) is 7.17. The second-order valence-corrected chi connectivity index (χ2v) is 8.85. The summed E-state index contributed by atoms with van der Waals surface area (Å²) in [5, 5.41) is 9.53. The van der Waals surface area contributed by atoms with Gasteiger partial charge in [0.1, 0.15) is 9.96 Å². The van der Waals surface area contributed by atoms with Gasteiger partial charge in [0.15, 0.2) is 0 Å². The molecule has 1 aliphatic heterocycles. The van der Waals surface area contributed by atoms with Crippen LogP contribution in [0.3, 0.4) is 0 Å². The number of halogens is 1. The predicted molar refractivity (Wildman–Crippen MR) is 88.4 cm³/mol. The van der Waals surface area contributed by atoms with Crippen molar-refractivity contribution >= 4 is 38.6 Å². The zero-order valence-corrected chi connectivity index (χ0v) is 14.0. The molecule has 0 aliphatic carbocycles. The fourth-order valence-electron chi connectivity index (χ4n) is 2.44. The Balaban J connectivity index is 1.72. The van der Waals surface area contributed by atoms with Crippen LogP contribution in [0.4, 0.5) is 5.69 Å². The van der Waals surface area contributed by atoms with E-state index in [1.165, 1.54) is 4.31 Å². The molecule has 2 aromatic rings. The lowest BCUT2D eigenvalue weighted by Gasteiger charge is -2.35. The van der Waals surface area contributed by atoms with E-state index in [2.05, 4.69) is 4.90 Å².